The van der Waals surface area contributed by atoms with Crippen LogP contribution >= 0.6 is 0 Å². The van der Waals surface area contributed by atoms with E-state index in [1.165, 1.54) is 0 Å². The number of carbonyl (C=O) groups excluding carboxylic acids is 1. The first-order chi connectivity index (χ1) is 6.13. The summed E-state index contributed by atoms with van der Waals surface area (Å²) in [5.74, 6) is -1.53. The summed E-state index contributed by atoms with van der Waals surface area (Å²) in [4.78, 5) is 9.97. The topological polar surface area (TPSA) is 17.1 Å². The highest BCUT2D eigenvalue weighted by atomic mass is 19.1. The van der Waals surface area contributed by atoms with Crippen molar-refractivity contribution in [3.8, 4) is 0 Å². The van der Waals surface area contributed by atoms with Gasteiger partial charge in [-0.25, -0.2) is 8.78 Å². The molecule has 0 unspecified atom stereocenters. The molecule has 1 aromatic rings. The number of aldehydes is 1. The summed E-state index contributed by atoms with van der Waals surface area (Å²) in [6.07, 6.45) is 1.32. The van der Waals surface area contributed by atoms with Crippen molar-refractivity contribution < 1.29 is 14.9 Å². The SMILES string of the molecule is [2H]/C(=C\C=O)c1cc(F)cc(F)c1. The molecule has 0 N–H and O–H groups in total. The van der Waals surface area contributed by atoms with Gasteiger partial charge in [-0.2, -0.15) is 0 Å². The summed E-state index contributed by atoms with van der Waals surface area (Å²) in [6, 6.07) is 2.47. The van der Waals surface area contributed by atoms with Gasteiger partial charge in [0.05, 0.1) is 1.37 Å². The van der Waals surface area contributed by atoms with Crippen LogP contribution in [-0.2, 0) is 4.79 Å². The van der Waals surface area contributed by atoms with Gasteiger partial charge >= 0.3 is 0 Å². The van der Waals surface area contributed by atoms with Crippen molar-refractivity contribution in [2.75, 3.05) is 0 Å². The molecule has 0 bridgehead atoms. The fraction of sp³-hybridized carbons (Fsp3) is 0. The second-order valence-electron chi connectivity index (χ2n) is 2.11. The van der Waals surface area contributed by atoms with E-state index in [2.05, 4.69) is 0 Å². The molecule has 0 radical (unpaired) electrons. The van der Waals surface area contributed by atoms with Crippen LogP contribution in [0.4, 0.5) is 8.78 Å². The van der Waals surface area contributed by atoms with Crippen LogP contribution in [0.25, 0.3) is 6.05 Å². The summed E-state index contributed by atoms with van der Waals surface area (Å²) in [7, 11) is 0. The number of halogens is 2. The van der Waals surface area contributed by atoms with Crippen molar-refractivity contribution in [3.05, 3.63) is 41.5 Å². The minimum atomic E-state index is -0.765. The molecule has 62 valence electrons. The van der Waals surface area contributed by atoms with Crippen LogP contribution in [0, 0.1) is 11.6 Å². The van der Waals surface area contributed by atoms with E-state index in [4.69, 9.17) is 1.37 Å². The Bertz CT molecular complexity index is 340. The predicted octanol–water partition coefficient (Wildman–Crippen LogP) is 2.18. The molecule has 0 spiro atoms. The van der Waals surface area contributed by atoms with Gasteiger partial charge in [-0.1, -0.05) is 6.05 Å². The second kappa shape index (κ2) is 3.76. The average molecular weight is 169 g/mol. The molecule has 1 rings (SSSR count). The number of carbonyl (C=O) groups is 1. The Morgan fingerprint density at radius 2 is 1.83 bits per heavy atom. The zero-order chi connectivity index (χ0) is 9.84. The Morgan fingerprint density at radius 1 is 1.25 bits per heavy atom. The molecular formula is C9H6F2O. The summed E-state index contributed by atoms with van der Waals surface area (Å²) in [6.45, 7) is 0. The lowest BCUT2D eigenvalue weighted by atomic mass is 10.2. The van der Waals surface area contributed by atoms with E-state index < -0.39 is 11.6 Å². The molecular weight excluding hydrogens is 162 g/mol. The Hall–Kier alpha value is -1.51. The molecule has 1 aromatic carbocycles. The minimum absolute atomic E-state index is 0.0459. The van der Waals surface area contributed by atoms with Crippen molar-refractivity contribution in [3.63, 3.8) is 0 Å². The summed E-state index contributed by atoms with van der Waals surface area (Å²) in [5, 5.41) is 0. The molecule has 0 aliphatic heterocycles. The minimum Gasteiger partial charge on any atom is -0.299 e. The van der Waals surface area contributed by atoms with Crippen LogP contribution < -0.4 is 0 Å². The van der Waals surface area contributed by atoms with Gasteiger partial charge in [0.25, 0.3) is 0 Å². The molecule has 0 aromatic heterocycles. The van der Waals surface area contributed by atoms with Gasteiger partial charge in [-0.05, 0) is 23.8 Å². The maximum Gasteiger partial charge on any atom is 0.142 e. The maximum atomic E-state index is 12.6. The van der Waals surface area contributed by atoms with E-state index >= 15 is 0 Å². The van der Waals surface area contributed by atoms with Crippen molar-refractivity contribution in [1.29, 1.82) is 0 Å². The van der Waals surface area contributed by atoms with Crippen LogP contribution in [0.2, 0.25) is 0 Å². The Morgan fingerprint density at radius 3 is 2.33 bits per heavy atom. The average Bonchev–Trinajstić information content (AvgIpc) is 2.03. The van der Waals surface area contributed by atoms with Gasteiger partial charge < -0.3 is 0 Å². The number of hydrogen-bond donors (Lipinski definition) is 0. The molecule has 0 atom stereocenters. The number of allylic oxidation sites excluding steroid dienone is 1. The zero-order valence-electron chi connectivity index (χ0n) is 7.05. The predicted molar refractivity (Wildman–Crippen MR) is 41.5 cm³/mol. The molecule has 3 heteroatoms. The third-order valence-corrected chi connectivity index (χ3v) is 1.18. The standard InChI is InChI=1S/C9H6F2O/c10-8-4-7(2-1-3-12)5-9(11)6-8/h1-6H/b2-1+/i2D. The molecule has 0 saturated heterocycles. The van der Waals surface area contributed by atoms with E-state index in [-0.39, 0.29) is 11.6 Å². The summed E-state index contributed by atoms with van der Waals surface area (Å²) in [5.41, 5.74) is 0.0459. The number of benzene rings is 1. The Labute approximate surface area is 69.7 Å². The van der Waals surface area contributed by atoms with E-state index in [1.807, 2.05) is 0 Å². The van der Waals surface area contributed by atoms with Gasteiger partial charge in [0, 0.05) is 6.07 Å². The maximum absolute atomic E-state index is 12.6. The van der Waals surface area contributed by atoms with E-state index in [0.717, 1.165) is 18.2 Å². The van der Waals surface area contributed by atoms with Gasteiger partial charge in [-0.15, -0.1) is 0 Å². The lowest BCUT2D eigenvalue weighted by Crippen LogP contribution is -1.81. The first kappa shape index (κ1) is 7.16. The first-order valence-corrected chi connectivity index (χ1v) is 3.22. The molecule has 12 heavy (non-hydrogen) atoms. The highest BCUT2D eigenvalue weighted by Gasteiger charge is 1.96. The van der Waals surface area contributed by atoms with E-state index in [0.29, 0.717) is 12.4 Å². The molecule has 0 amide bonds. The lowest BCUT2D eigenvalue weighted by Gasteiger charge is -1.93. The van der Waals surface area contributed by atoms with Gasteiger partial charge in [0.15, 0.2) is 0 Å². The van der Waals surface area contributed by atoms with Crippen molar-refractivity contribution >= 4 is 12.3 Å². The molecule has 1 nitrogen and oxygen atoms in total. The summed E-state index contributed by atoms with van der Waals surface area (Å²) >= 11 is 0. The summed E-state index contributed by atoms with van der Waals surface area (Å²) < 4.78 is 32.4. The van der Waals surface area contributed by atoms with Crippen LogP contribution in [0.15, 0.2) is 24.3 Å². The fourth-order valence-electron chi connectivity index (χ4n) is 0.767. The van der Waals surface area contributed by atoms with Crippen LogP contribution in [-0.4, -0.2) is 6.29 Å². The smallest absolute Gasteiger partial charge is 0.142 e. The van der Waals surface area contributed by atoms with Crippen LogP contribution in [0.1, 0.15) is 6.93 Å². The Kier molecular flexibility index (Phi) is 2.24. The van der Waals surface area contributed by atoms with Gasteiger partial charge in [0.2, 0.25) is 0 Å². The van der Waals surface area contributed by atoms with Gasteiger partial charge in [-0.3, -0.25) is 4.79 Å². The third-order valence-electron chi connectivity index (χ3n) is 1.18. The lowest BCUT2D eigenvalue weighted by molar-refractivity contribution is -0.104. The second-order valence-corrected chi connectivity index (χ2v) is 2.11. The van der Waals surface area contributed by atoms with Crippen LogP contribution in [0.5, 0.6) is 0 Å². The number of hydrogen-bond acceptors (Lipinski definition) is 1. The van der Waals surface area contributed by atoms with Crippen LogP contribution in [0.3, 0.4) is 0 Å². The molecule has 0 heterocycles. The Balaban J connectivity index is 3.15. The van der Waals surface area contributed by atoms with E-state index in [1.54, 1.807) is 0 Å². The monoisotopic (exact) mass is 169 g/mol. The van der Waals surface area contributed by atoms with E-state index in [9.17, 15) is 13.6 Å². The molecule has 0 aliphatic rings. The molecule has 0 fully saturated rings. The quantitative estimate of drug-likeness (QED) is 0.489. The molecule has 0 aliphatic carbocycles. The van der Waals surface area contributed by atoms with Crippen molar-refractivity contribution in [1.82, 2.24) is 0 Å². The highest BCUT2D eigenvalue weighted by molar-refractivity contribution is 5.73. The van der Waals surface area contributed by atoms with Crippen molar-refractivity contribution in [2.45, 2.75) is 0 Å². The molecule has 0 saturated carbocycles. The largest absolute Gasteiger partial charge is 0.299 e. The van der Waals surface area contributed by atoms with Gasteiger partial charge in [0.1, 0.15) is 17.9 Å². The fourth-order valence-corrected chi connectivity index (χ4v) is 0.767. The highest BCUT2D eigenvalue weighted by Crippen LogP contribution is 2.08. The van der Waals surface area contributed by atoms with Crippen molar-refractivity contribution in [2.24, 2.45) is 0 Å². The number of rotatable bonds is 2. The third kappa shape index (κ3) is 2.27. The normalized spacial score (nSPS) is 12.5. The zero-order valence-corrected chi connectivity index (χ0v) is 6.05. The first-order valence-electron chi connectivity index (χ1n) is 3.72.